The number of benzene rings is 2. The van der Waals surface area contributed by atoms with Gasteiger partial charge in [-0.3, -0.25) is 0 Å². The van der Waals surface area contributed by atoms with Crippen molar-refractivity contribution in [3.63, 3.8) is 0 Å². The van der Waals surface area contributed by atoms with Gasteiger partial charge in [-0.2, -0.15) is 0 Å². The Labute approximate surface area is 176 Å². The average molecular weight is 453 g/mol. The number of aromatic nitrogens is 1. The molecule has 0 unspecified atom stereocenters. The van der Waals surface area contributed by atoms with E-state index >= 15 is 0 Å². The Bertz CT molecular complexity index is 1240. The van der Waals surface area contributed by atoms with Gasteiger partial charge in [-0.05, 0) is 37.1 Å². The van der Waals surface area contributed by atoms with Crippen molar-refractivity contribution in [3.05, 3.63) is 41.4 Å². The Morgan fingerprint density at radius 2 is 1.97 bits per heavy atom. The number of fused-ring (bicyclic) bond motifs is 1. The zero-order valence-corrected chi connectivity index (χ0v) is 17.0. The standard InChI is InChI=1S/C19H17ClN2O7S/c20-18-12-9-17(29-19(24)25)21-13(12)5-7-15(18)28-11-4-6-14(23)16(8-11)30(26,27)22-10-2-1-3-10/h4-10,21-23H,1-3H2,(H,24,25). The highest BCUT2D eigenvalue weighted by atomic mass is 35.5. The zero-order valence-electron chi connectivity index (χ0n) is 15.4. The van der Waals surface area contributed by atoms with Gasteiger partial charge >= 0.3 is 6.16 Å². The minimum atomic E-state index is -3.91. The van der Waals surface area contributed by atoms with Crippen LogP contribution in [-0.2, 0) is 10.0 Å². The first-order valence-electron chi connectivity index (χ1n) is 8.98. The molecule has 0 spiro atoms. The highest BCUT2D eigenvalue weighted by molar-refractivity contribution is 7.89. The Kier molecular flexibility index (Phi) is 5.22. The molecule has 0 amide bonds. The minimum absolute atomic E-state index is 0.00312. The van der Waals surface area contributed by atoms with Crippen LogP contribution in [0.3, 0.4) is 0 Å². The first kappa shape index (κ1) is 20.3. The van der Waals surface area contributed by atoms with Gasteiger partial charge in [-0.15, -0.1) is 0 Å². The molecular weight excluding hydrogens is 436 g/mol. The number of carbonyl (C=O) groups is 1. The van der Waals surface area contributed by atoms with Crippen LogP contribution in [0.25, 0.3) is 10.9 Å². The van der Waals surface area contributed by atoms with Crippen LogP contribution >= 0.6 is 11.6 Å². The van der Waals surface area contributed by atoms with Crippen molar-refractivity contribution in [1.29, 1.82) is 0 Å². The molecule has 4 N–H and O–H groups in total. The number of halogens is 1. The molecule has 158 valence electrons. The lowest BCUT2D eigenvalue weighted by atomic mass is 9.94. The van der Waals surface area contributed by atoms with Gasteiger partial charge in [-0.1, -0.05) is 18.0 Å². The smallest absolute Gasteiger partial charge is 0.507 e. The van der Waals surface area contributed by atoms with Gasteiger partial charge in [0, 0.05) is 23.6 Å². The molecule has 0 aliphatic heterocycles. The van der Waals surface area contributed by atoms with Gasteiger partial charge in [0.05, 0.1) is 10.5 Å². The summed E-state index contributed by atoms with van der Waals surface area (Å²) in [5, 5.41) is 19.4. The van der Waals surface area contributed by atoms with Crippen LogP contribution < -0.4 is 14.2 Å². The van der Waals surface area contributed by atoms with E-state index in [4.69, 9.17) is 21.4 Å². The van der Waals surface area contributed by atoms with Crippen LogP contribution in [0.15, 0.2) is 41.3 Å². The van der Waals surface area contributed by atoms with Gasteiger partial charge in [0.25, 0.3) is 0 Å². The molecule has 11 heteroatoms. The summed E-state index contributed by atoms with van der Waals surface area (Å²) >= 11 is 6.37. The molecule has 4 rings (SSSR count). The van der Waals surface area contributed by atoms with Crippen molar-refractivity contribution in [2.45, 2.75) is 30.2 Å². The molecule has 1 fully saturated rings. The fourth-order valence-corrected chi connectivity index (χ4v) is 4.73. The first-order chi connectivity index (χ1) is 14.2. The van der Waals surface area contributed by atoms with E-state index < -0.39 is 21.9 Å². The van der Waals surface area contributed by atoms with Crippen molar-refractivity contribution in [1.82, 2.24) is 9.71 Å². The van der Waals surface area contributed by atoms with Crippen molar-refractivity contribution in [2.24, 2.45) is 0 Å². The molecule has 1 aliphatic carbocycles. The fourth-order valence-electron chi connectivity index (χ4n) is 3.06. The number of carboxylic acid groups (broad SMARTS) is 1. The molecule has 30 heavy (non-hydrogen) atoms. The Hall–Kier alpha value is -2.95. The number of hydrogen-bond acceptors (Lipinski definition) is 6. The molecule has 3 aromatic rings. The van der Waals surface area contributed by atoms with Crippen molar-refractivity contribution in [3.8, 4) is 23.1 Å². The summed E-state index contributed by atoms with van der Waals surface area (Å²) in [6.07, 6.45) is 1.01. The van der Waals surface area contributed by atoms with Crippen molar-refractivity contribution < 1.29 is 32.9 Å². The highest BCUT2D eigenvalue weighted by Crippen LogP contribution is 2.38. The molecule has 0 atom stereocenters. The molecule has 2 aromatic carbocycles. The van der Waals surface area contributed by atoms with E-state index in [1.54, 1.807) is 12.1 Å². The van der Waals surface area contributed by atoms with Crippen LogP contribution in [0.2, 0.25) is 5.02 Å². The van der Waals surface area contributed by atoms with Gasteiger partial charge < -0.3 is 24.7 Å². The number of sulfonamides is 1. The number of phenols is 1. The zero-order chi connectivity index (χ0) is 21.5. The van der Waals surface area contributed by atoms with Gasteiger partial charge in [-0.25, -0.2) is 17.9 Å². The quantitative estimate of drug-likeness (QED) is 0.411. The summed E-state index contributed by atoms with van der Waals surface area (Å²) in [4.78, 5) is 13.2. The van der Waals surface area contributed by atoms with Crippen LogP contribution in [0.4, 0.5) is 4.79 Å². The van der Waals surface area contributed by atoms with E-state index in [9.17, 15) is 18.3 Å². The predicted molar refractivity (Wildman–Crippen MR) is 108 cm³/mol. The number of aromatic hydroxyl groups is 1. The van der Waals surface area contributed by atoms with Crippen LogP contribution in [0, 0.1) is 0 Å². The van der Waals surface area contributed by atoms with Gasteiger partial charge in [0.2, 0.25) is 15.9 Å². The fraction of sp³-hybridized carbons (Fsp3) is 0.211. The lowest BCUT2D eigenvalue weighted by Crippen LogP contribution is -2.39. The van der Waals surface area contributed by atoms with Crippen molar-refractivity contribution >= 4 is 38.7 Å². The lowest BCUT2D eigenvalue weighted by molar-refractivity contribution is 0.143. The van der Waals surface area contributed by atoms with Gasteiger partial charge in [0.15, 0.2) is 0 Å². The third kappa shape index (κ3) is 4.02. The van der Waals surface area contributed by atoms with Crippen LogP contribution in [0.5, 0.6) is 23.1 Å². The van der Waals surface area contributed by atoms with E-state index in [-0.39, 0.29) is 33.3 Å². The second-order valence-corrected chi connectivity index (χ2v) is 8.88. The molecule has 1 aliphatic rings. The third-order valence-electron chi connectivity index (χ3n) is 4.75. The monoisotopic (exact) mass is 452 g/mol. The molecule has 9 nitrogen and oxygen atoms in total. The Balaban J connectivity index is 1.63. The van der Waals surface area contributed by atoms with E-state index in [1.165, 1.54) is 24.3 Å². The van der Waals surface area contributed by atoms with Crippen LogP contribution in [-0.4, -0.2) is 35.8 Å². The second kappa shape index (κ2) is 7.71. The Morgan fingerprint density at radius 1 is 1.20 bits per heavy atom. The van der Waals surface area contributed by atoms with Gasteiger partial charge in [0.1, 0.15) is 22.1 Å². The maximum atomic E-state index is 12.6. The largest absolute Gasteiger partial charge is 0.512 e. The van der Waals surface area contributed by atoms with E-state index in [1.807, 2.05) is 0 Å². The maximum absolute atomic E-state index is 12.6. The topological polar surface area (TPSA) is 138 Å². The van der Waals surface area contributed by atoms with Crippen LogP contribution in [0.1, 0.15) is 19.3 Å². The van der Waals surface area contributed by atoms with E-state index in [2.05, 4.69) is 14.4 Å². The minimum Gasteiger partial charge on any atom is -0.507 e. The lowest BCUT2D eigenvalue weighted by Gasteiger charge is -2.26. The maximum Gasteiger partial charge on any atom is 0.512 e. The number of nitrogens with one attached hydrogen (secondary N) is 2. The summed E-state index contributed by atoms with van der Waals surface area (Å²) in [5.74, 6) is -0.0277. The SMILES string of the molecule is O=C(O)Oc1cc2c(Cl)c(Oc3ccc(O)c(S(=O)(=O)NC4CCC4)c3)ccc2[nH]1. The predicted octanol–water partition coefficient (Wildman–Crippen LogP) is 4.21. The number of ether oxygens (including phenoxy) is 2. The summed E-state index contributed by atoms with van der Waals surface area (Å²) in [7, 11) is -3.91. The molecule has 1 aromatic heterocycles. The summed E-state index contributed by atoms with van der Waals surface area (Å²) in [6.45, 7) is 0. The summed E-state index contributed by atoms with van der Waals surface area (Å²) in [6, 6.07) is 8.29. The first-order valence-corrected chi connectivity index (χ1v) is 10.8. The molecule has 1 heterocycles. The number of aromatic amines is 1. The third-order valence-corrected chi connectivity index (χ3v) is 6.69. The normalized spacial score (nSPS) is 14.4. The molecule has 0 radical (unpaired) electrons. The van der Waals surface area contributed by atoms with E-state index in [0.29, 0.717) is 10.9 Å². The summed E-state index contributed by atoms with van der Waals surface area (Å²) in [5.41, 5.74) is 0.530. The second-order valence-electron chi connectivity index (χ2n) is 6.82. The van der Waals surface area contributed by atoms with Crippen molar-refractivity contribution in [2.75, 3.05) is 0 Å². The summed E-state index contributed by atoms with van der Waals surface area (Å²) < 4.78 is 38.0. The average Bonchev–Trinajstić information content (AvgIpc) is 3.05. The number of H-pyrrole nitrogens is 1. The number of phenolic OH excluding ortho intramolecular Hbond substituents is 1. The molecule has 0 bridgehead atoms. The number of hydrogen-bond donors (Lipinski definition) is 4. The molecule has 0 saturated heterocycles. The molecular formula is C19H17ClN2O7S. The molecule has 1 saturated carbocycles. The Morgan fingerprint density at radius 3 is 2.63 bits per heavy atom. The van der Waals surface area contributed by atoms with E-state index in [0.717, 1.165) is 19.3 Å². The number of rotatable bonds is 6. The highest BCUT2D eigenvalue weighted by Gasteiger charge is 2.27.